The van der Waals surface area contributed by atoms with E-state index in [1.54, 1.807) is 11.3 Å². The molecule has 1 rings (SSSR count). The minimum Gasteiger partial charge on any atom is -0.308 e. The van der Waals surface area contributed by atoms with E-state index >= 15 is 0 Å². The topological polar surface area (TPSA) is 23.6 Å². The largest absolute Gasteiger partial charge is 0.308 e. The summed E-state index contributed by atoms with van der Waals surface area (Å²) in [6, 6.07) is 2.03. The maximum Gasteiger partial charge on any atom is 0.177 e. The van der Waals surface area contributed by atoms with Crippen molar-refractivity contribution < 1.29 is 4.79 Å². The van der Waals surface area contributed by atoms with Gasteiger partial charge >= 0.3 is 0 Å². The van der Waals surface area contributed by atoms with E-state index in [9.17, 15) is 4.79 Å². The van der Waals surface area contributed by atoms with Crippen LogP contribution in [0.1, 0.15) is 33.5 Å². The fourth-order valence-corrected chi connectivity index (χ4v) is 3.07. The number of carbonyl (C=O) groups excluding carboxylic acids is 1. The Morgan fingerprint density at radius 1 is 1.21 bits per heavy atom. The van der Waals surface area contributed by atoms with Crippen molar-refractivity contribution in [2.45, 2.75) is 27.2 Å². The molecule has 0 fully saturated rings. The maximum absolute atomic E-state index is 12.4. The van der Waals surface area contributed by atoms with Crippen LogP contribution in [0.4, 0.5) is 0 Å². The normalized spacial score (nSPS) is 11.5. The van der Waals surface area contributed by atoms with Crippen LogP contribution < -0.4 is 0 Å². The molecule has 0 bridgehead atoms. The summed E-state index contributed by atoms with van der Waals surface area (Å²) in [5.74, 6) is 0.258. The van der Waals surface area contributed by atoms with Crippen LogP contribution in [0.3, 0.4) is 0 Å². The Kier molecular flexibility index (Phi) is 6.69. The average Bonchev–Trinajstić information content (AvgIpc) is 2.65. The zero-order valence-electron chi connectivity index (χ0n) is 12.8. The summed E-state index contributed by atoms with van der Waals surface area (Å²) in [5.41, 5.74) is 0.911. The first-order valence-electron chi connectivity index (χ1n) is 6.91. The zero-order chi connectivity index (χ0) is 14.4. The molecule has 1 aromatic rings. The molecule has 0 atom stereocenters. The van der Waals surface area contributed by atoms with Crippen molar-refractivity contribution >= 4 is 17.1 Å². The number of aryl methyl sites for hydroxylation is 2. The highest BCUT2D eigenvalue weighted by Crippen LogP contribution is 2.21. The summed E-state index contributed by atoms with van der Waals surface area (Å²) in [6.45, 7) is 9.73. The van der Waals surface area contributed by atoms with Gasteiger partial charge in [-0.25, -0.2) is 0 Å². The Morgan fingerprint density at radius 2 is 1.89 bits per heavy atom. The molecule has 1 heterocycles. The van der Waals surface area contributed by atoms with Crippen molar-refractivity contribution in [2.24, 2.45) is 0 Å². The molecule has 0 spiro atoms. The second-order valence-corrected chi connectivity index (χ2v) is 6.79. The Labute approximate surface area is 121 Å². The number of thiophene rings is 1. The van der Waals surface area contributed by atoms with E-state index in [-0.39, 0.29) is 5.78 Å². The van der Waals surface area contributed by atoms with Gasteiger partial charge in [-0.1, -0.05) is 6.92 Å². The molecule has 0 N–H and O–H groups in total. The Balaban J connectivity index is 2.62. The summed E-state index contributed by atoms with van der Waals surface area (Å²) < 4.78 is 0. The van der Waals surface area contributed by atoms with E-state index in [1.165, 1.54) is 4.88 Å². The van der Waals surface area contributed by atoms with Crippen LogP contribution >= 0.6 is 11.3 Å². The fraction of sp³-hybridized carbons (Fsp3) is 0.667. The molecule has 0 aliphatic rings. The molecule has 0 unspecified atom stereocenters. The third-order valence-corrected chi connectivity index (χ3v) is 4.08. The van der Waals surface area contributed by atoms with Gasteiger partial charge in [0.25, 0.3) is 0 Å². The zero-order valence-corrected chi connectivity index (χ0v) is 13.6. The van der Waals surface area contributed by atoms with E-state index in [4.69, 9.17) is 0 Å². The fourth-order valence-electron chi connectivity index (χ4n) is 2.12. The van der Waals surface area contributed by atoms with Gasteiger partial charge in [0.05, 0.1) is 6.54 Å². The second-order valence-electron chi connectivity index (χ2n) is 5.33. The van der Waals surface area contributed by atoms with Gasteiger partial charge in [-0.3, -0.25) is 9.69 Å². The molecular formula is C15H26N2OS. The second kappa shape index (κ2) is 7.78. The number of ketones is 1. The summed E-state index contributed by atoms with van der Waals surface area (Å²) in [7, 11) is 4.14. The Bertz CT molecular complexity index is 412. The van der Waals surface area contributed by atoms with Gasteiger partial charge < -0.3 is 4.90 Å². The van der Waals surface area contributed by atoms with Crippen LogP contribution in [0.2, 0.25) is 0 Å². The highest BCUT2D eigenvalue weighted by molar-refractivity contribution is 7.12. The van der Waals surface area contributed by atoms with Gasteiger partial charge in [-0.15, -0.1) is 11.3 Å². The number of rotatable bonds is 8. The van der Waals surface area contributed by atoms with Crippen molar-refractivity contribution in [1.82, 2.24) is 9.80 Å². The van der Waals surface area contributed by atoms with Gasteiger partial charge in [-0.2, -0.15) is 0 Å². The monoisotopic (exact) mass is 282 g/mol. The third-order valence-electron chi connectivity index (χ3n) is 3.11. The van der Waals surface area contributed by atoms with Crippen LogP contribution in [-0.4, -0.2) is 55.9 Å². The van der Waals surface area contributed by atoms with Crippen molar-refractivity contribution in [2.75, 3.05) is 40.3 Å². The van der Waals surface area contributed by atoms with Gasteiger partial charge in [-0.05, 0) is 47.0 Å². The van der Waals surface area contributed by atoms with Gasteiger partial charge in [0.1, 0.15) is 0 Å². The summed E-state index contributed by atoms with van der Waals surface area (Å²) in [6.07, 6.45) is 1.09. The number of likely N-dealkylation sites (N-methyl/N-ethyl adjacent to an activating group) is 1. The number of Topliss-reactive ketones (excluding diaryl/α,β-unsaturated/α-hetero) is 1. The lowest BCUT2D eigenvalue weighted by molar-refractivity contribution is 0.0925. The van der Waals surface area contributed by atoms with E-state index in [0.717, 1.165) is 36.5 Å². The van der Waals surface area contributed by atoms with E-state index < -0.39 is 0 Å². The summed E-state index contributed by atoms with van der Waals surface area (Å²) in [4.78, 5) is 19.1. The predicted molar refractivity (Wildman–Crippen MR) is 83.4 cm³/mol. The van der Waals surface area contributed by atoms with Crippen molar-refractivity contribution in [1.29, 1.82) is 0 Å². The van der Waals surface area contributed by atoms with Crippen LogP contribution in [0.5, 0.6) is 0 Å². The number of carbonyl (C=O) groups is 1. The van der Waals surface area contributed by atoms with Crippen LogP contribution in [0.25, 0.3) is 0 Å². The highest BCUT2D eigenvalue weighted by Gasteiger charge is 2.15. The Morgan fingerprint density at radius 3 is 2.37 bits per heavy atom. The number of hydrogen-bond acceptors (Lipinski definition) is 4. The minimum absolute atomic E-state index is 0.258. The van der Waals surface area contributed by atoms with Gasteiger partial charge in [0.15, 0.2) is 5.78 Å². The first-order valence-corrected chi connectivity index (χ1v) is 7.73. The third kappa shape index (κ3) is 5.43. The number of nitrogens with zero attached hydrogens (tertiary/aromatic N) is 2. The van der Waals surface area contributed by atoms with Crippen molar-refractivity contribution in [3.05, 3.63) is 21.4 Å². The lowest BCUT2D eigenvalue weighted by Crippen LogP contribution is -2.36. The van der Waals surface area contributed by atoms with E-state index in [0.29, 0.717) is 6.54 Å². The molecule has 4 heteroatoms. The molecule has 0 aromatic carbocycles. The molecule has 3 nitrogen and oxygen atoms in total. The van der Waals surface area contributed by atoms with Crippen LogP contribution in [0, 0.1) is 13.8 Å². The lowest BCUT2D eigenvalue weighted by atomic mass is 10.1. The molecule has 1 aromatic heterocycles. The van der Waals surface area contributed by atoms with Gasteiger partial charge in [0.2, 0.25) is 0 Å². The first-order chi connectivity index (χ1) is 8.93. The molecule has 19 heavy (non-hydrogen) atoms. The molecular weight excluding hydrogens is 256 g/mol. The SMILES string of the molecule is CCCN(CCN(C)C)CC(=O)c1cc(C)sc1C. The molecule has 0 aliphatic heterocycles. The van der Waals surface area contributed by atoms with E-state index in [1.807, 2.05) is 13.0 Å². The van der Waals surface area contributed by atoms with Gasteiger partial charge in [0, 0.05) is 28.4 Å². The Hall–Kier alpha value is -0.710. The predicted octanol–water partition coefficient (Wildman–Crippen LogP) is 2.82. The summed E-state index contributed by atoms with van der Waals surface area (Å²) in [5, 5.41) is 0. The van der Waals surface area contributed by atoms with Crippen LogP contribution in [-0.2, 0) is 0 Å². The molecule has 0 aliphatic carbocycles. The quantitative estimate of drug-likeness (QED) is 0.685. The minimum atomic E-state index is 0.258. The first kappa shape index (κ1) is 16.3. The van der Waals surface area contributed by atoms with Crippen LogP contribution in [0.15, 0.2) is 6.07 Å². The summed E-state index contributed by atoms with van der Waals surface area (Å²) >= 11 is 1.71. The van der Waals surface area contributed by atoms with Crippen molar-refractivity contribution in [3.8, 4) is 0 Å². The molecule has 0 amide bonds. The maximum atomic E-state index is 12.4. The average molecular weight is 282 g/mol. The van der Waals surface area contributed by atoms with Crippen molar-refractivity contribution in [3.63, 3.8) is 0 Å². The molecule has 0 saturated carbocycles. The van der Waals surface area contributed by atoms with E-state index in [2.05, 4.69) is 37.7 Å². The highest BCUT2D eigenvalue weighted by atomic mass is 32.1. The smallest absolute Gasteiger partial charge is 0.177 e. The lowest BCUT2D eigenvalue weighted by Gasteiger charge is -2.22. The molecule has 0 radical (unpaired) electrons. The molecule has 0 saturated heterocycles. The number of hydrogen-bond donors (Lipinski definition) is 0. The molecule has 108 valence electrons. The standard InChI is InChI=1S/C15H26N2OS/c1-6-7-17(9-8-16(4)5)11-15(18)14-10-12(2)19-13(14)3/h10H,6-9,11H2,1-5H3.